The van der Waals surface area contributed by atoms with E-state index in [2.05, 4.69) is 10.9 Å². The predicted molar refractivity (Wildman–Crippen MR) is 113 cm³/mol. The summed E-state index contributed by atoms with van der Waals surface area (Å²) in [6.07, 6.45) is 0. The van der Waals surface area contributed by atoms with Gasteiger partial charge in [0.05, 0.1) is 22.5 Å². The second-order valence-electron chi connectivity index (χ2n) is 7.40. The molecule has 0 spiro atoms. The Balaban J connectivity index is 1.39. The summed E-state index contributed by atoms with van der Waals surface area (Å²) in [6, 6.07) is 11.0. The summed E-state index contributed by atoms with van der Waals surface area (Å²) in [6.45, 7) is 2.20. The van der Waals surface area contributed by atoms with Crippen molar-refractivity contribution in [1.82, 2.24) is 20.7 Å². The second-order valence-corrected chi connectivity index (χ2v) is 8.25. The highest BCUT2D eigenvalue weighted by atomic mass is 35.5. The Bertz CT molecular complexity index is 949. The Hall–Kier alpha value is -2.19. The molecule has 4 rings (SSSR count). The molecule has 0 bridgehead atoms. The normalized spacial score (nSPS) is 21.7. The van der Waals surface area contributed by atoms with Crippen LogP contribution in [-0.4, -0.2) is 54.3 Å². The molecule has 30 heavy (non-hydrogen) atoms. The molecule has 2 aliphatic rings. The first-order valence-corrected chi connectivity index (χ1v) is 10.5. The first-order valence-electron chi connectivity index (χ1n) is 9.71. The zero-order valence-electron chi connectivity index (χ0n) is 16.1. The highest BCUT2D eigenvalue weighted by molar-refractivity contribution is 6.33. The SMILES string of the molecule is O=C(c1ccc(F)cc1Cl)N1CCN(C(=O)C2CNNC2c2ccc(Cl)cc2)CC1. The van der Waals surface area contributed by atoms with Crippen molar-refractivity contribution in [2.75, 3.05) is 32.7 Å². The van der Waals surface area contributed by atoms with E-state index < -0.39 is 5.82 Å². The van der Waals surface area contributed by atoms with Crippen molar-refractivity contribution in [2.45, 2.75) is 6.04 Å². The van der Waals surface area contributed by atoms with Crippen LogP contribution in [0.2, 0.25) is 10.0 Å². The second kappa shape index (κ2) is 8.89. The van der Waals surface area contributed by atoms with Gasteiger partial charge in [0.2, 0.25) is 5.91 Å². The van der Waals surface area contributed by atoms with Gasteiger partial charge in [0.25, 0.3) is 5.91 Å². The molecule has 0 aliphatic carbocycles. The van der Waals surface area contributed by atoms with Crippen molar-refractivity contribution in [2.24, 2.45) is 5.92 Å². The van der Waals surface area contributed by atoms with Gasteiger partial charge < -0.3 is 9.80 Å². The molecule has 9 heteroatoms. The Kier molecular flexibility index (Phi) is 6.24. The molecule has 2 aliphatic heterocycles. The number of hydrogen-bond acceptors (Lipinski definition) is 4. The highest BCUT2D eigenvalue weighted by Crippen LogP contribution is 2.28. The van der Waals surface area contributed by atoms with Crippen LogP contribution in [0, 0.1) is 11.7 Å². The maximum absolute atomic E-state index is 13.2. The molecule has 2 saturated heterocycles. The number of benzene rings is 2. The standard InChI is InChI=1S/C21H21Cl2FN4O2/c22-14-3-1-13(2-4-14)19-17(12-25-26-19)21(30)28-9-7-27(8-10-28)20(29)16-6-5-15(24)11-18(16)23/h1-6,11,17,19,25-26H,7-10,12H2. The molecule has 2 aromatic carbocycles. The van der Waals surface area contributed by atoms with Gasteiger partial charge in [-0.2, -0.15) is 0 Å². The van der Waals surface area contributed by atoms with Gasteiger partial charge in [-0.1, -0.05) is 35.3 Å². The van der Waals surface area contributed by atoms with E-state index in [-0.39, 0.29) is 34.4 Å². The summed E-state index contributed by atoms with van der Waals surface area (Å²) in [5, 5.41) is 0.738. The van der Waals surface area contributed by atoms with Crippen LogP contribution in [0.15, 0.2) is 42.5 Å². The molecule has 2 amide bonds. The lowest BCUT2D eigenvalue weighted by Crippen LogP contribution is -2.52. The molecule has 0 aromatic heterocycles. The fraction of sp³-hybridized carbons (Fsp3) is 0.333. The number of hydrogen-bond donors (Lipinski definition) is 2. The van der Waals surface area contributed by atoms with Crippen molar-refractivity contribution in [3.63, 3.8) is 0 Å². The van der Waals surface area contributed by atoms with Crippen LogP contribution in [0.3, 0.4) is 0 Å². The van der Waals surface area contributed by atoms with Crippen LogP contribution in [0.4, 0.5) is 4.39 Å². The first kappa shape index (κ1) is 21.1. The quantitative estimate of drug-likeness (QED) is 0.754. The number of piperazine rings is 1. The van der Waals surface area contributed by atoms with Gasteiger partial charge in [-0.3, -0.25) is 15.0 Å². The summed E-state index contributed by atoms with van der Waals surface area (Å²) < 4.78 is 13.2. The molecule has 2 N–H and O–H groups in total. The van der Waals surface area contributed by atoms with E-state index in [1.165, 1.54) is 12.1 Å². The number of rotatable bonds is 3. The molecule has 2 aromatic rings. The van der Waals surface area contributed by atoms with E-state index in [4.69, 9.17) is 23.2 Å². The van der Waals surface area contributed by atoms with Crippen molar-refractivity contribution in [3.05, 3.63) is 69.5 Å². The van der Waals surface area contributed by atoms with Gasteiger partial charge >= 0.3 is 0 Å². The summed E-state index contributed by atoms with van der Waals surface area (Å²) in [7, 11) is 0. The molecule has 2 heterocycles. The number of nitrogens with zero attached hydrogens (tertiary/aromatic N) is 2. The minimum absolute atomic E-state index is 0.0411. The van der Waals surface area contributed by atoms with Crippen molar-refractivity contribution in [1.29, 1.82) is 0 Å². The lowest BCUT2D eigenvalue weighted by molar-refractivity contribution is -0.137. The van der Waals surface area contributed by atoms with E-state index in [9.17, 15) is 14.0 Å². The molecule has 2 unspecified atom stereocenters. The van der Waals surface area contributed by atoms with Gasteiger partial charge in [-0.25, -0.2) is 9.82 Å². The smallest absolute Gasteiger partial charge is 0.255 e. The lowest BCUT2D eigenvalue weighted by Gasteiger charge is -2.36. The zero-order chi connectivity index (χ0) is 21.3. The molecule has 2 atom stereocenters. The minimum atomic E-state index is -0.485. The van der Waals surface area contributed by atoms with Crippen LogP contribution in [0.25, 0.3) is 0 Å². The fourth-order valence-corrected chi connectivity index (χ4v) is 4.28. The molecule has 6 nitrogen and oxygen atoms in total. The zero-order valence-corrected chi connectivity index (χ0v) is 17.6. The topological polar surface area (TPSA) is 64.7 Å². The predicted octanol–water partition coefficient (Wildman–Crippen LogP) is 2.88. The van der Waals surface area contributed by atoms with Crippen molar-refractivity contribution >= 4 is 35.0 Å². The third kappa shape index (κ3) is 4.30. The van der Waals surface area contributed by atoms with Crippen molar-refractivity contribution in [3.8, 4) is 0 Å². The molecular formula is C21H21Cl2FN4O2. The Morgan fingerprint density at radius 2 is 1.63 bits per heavy atom. The van der Waals surface area contributed by atoms with E-state index >= 15 is 0 Å². The van der Waals surface area contributed by atoms with Crippen molar-refractivity contribution < 1.29 is 14.0 Å². The van der Waals surface area contributed by atoms with Gasteiger partial charge in [-0.15, -0.1) is 0 Å². The van der Waals surface area contributed by atoms with Crippen LogP contribution >= 0.6 is 23.2 Å². The largest absolute Gasteiger partial charge is 0.339 e. The van der Waals surface area contributed by atoms with Crippen LogP contribution in [0.5, 0.6) is 0 Å². The maximum atomic E-state index is 13.2. The molecule has 158 valence electrons. The summed E-state index contributed by atoms with van der Waals surface area (Å²) in [4.78, 5) is 29.3. The molecule has 2 fully saturated rings. The third-order valence-corrected chi connectivity index (χ3v) is 6.13. The van der Waals surface area contributed by atoms with Gasteiger partial charge in [0, 0.05) is 37.7 Å². The fourth-order valence-electron chi connectivity index (χ4n) is 3.91. The van der Waals surface area contributed by atoms with Gasteiger partial charge in [-0.05, 0) is 35.9 Å². The van der Waals surface area contributed by atoms with Crippen LogP contribution in [0.1, 0.15) is 22.0 Å². The summed E-state index contributed by atoms with van der Waals surface area (Å²) >= 11 is 12.0. The Morgan fingerprint density at radius 1 is 0.967 bits per heavy atom. The minimum Gasteiger partial charge on any atom is -0.339 e. The van der Waals surface area contributed by atoms with Crippen LogP contribution < -0.4 is 10.9 Å². The van der Waals surface area contributed by atoms with E-state index in [0.29, 0.717) is 37.7 Å². The molecule has 0 radical (unpaired) electrons. The summed E-state index contributed by atoms with van der Waals surface area (Å²) in [5.41, 5.74) is 7.50. The lowest BCUT2D eigenvalue weighted by atomic mass is 9.93. The number of amides is 2. The average molecular weight is 451 g/mol. The first-order chi connectivity index (χ1) is 14.4. The van der Waals surface area contributed by atoms with Crippen LogP contribution in [-0.2, 0) is 4.79 Å². The Labute approximate surface area is 183 Å². The monoisotopic (exact) mass is 450 g/mol. The number of carbonyl (C=O) groups excluding carboxylic acids is 2. The highest BCUT2D eigenvalue weighted by Gasteiger charge is 2.37. The van der Waals surface area contributed by atoms with Gasteiger partial charge in [0.1, 0.15) is 5.82 Å². The number of halogens is 3. The number of hydrazine groups is 1. The summed E-state index contributed by atoms with van der Waals surface area (Å²) in [5.74, 6) is -0.948. The van der Waals surface area contributed by atoms with E-state index in [1.54, 1.807) is 9.80 Å². The van der Waals surface area contributed by atoms with E-state index in [1.807, 2.05) is 24.3 Å². The molecular weight excluding hydrogens is 430 g/mol. The number of carbonyl (C=O) groups is 2. The molecule has 0 saturated carbocycles. The Morgan fingerprint density at radius 3 is 2.30 bits per heavy atom. The third-order valence-electron chi connectivity index (χ3n) is 5.57. The maximum Gasteiger partial charge on any atom is 0.255 e. The van der Waals surface area contributed by atoms with Gasteiger partial charge in [0.15, 0.2) is 0 Å². The average Bonchev–Trinajstić information content (AvgIpc) is 3.23. The number of nitrogens with one attached hydrogen (secondary N) is 2. The van der Waals surface area contributed by atoms with E-state index in [0.717, 1.165) is 11.6 Å².